The van der Waals surface area contributed by atoms with Crippen LogP contribution >= 0.6 is 0 Å². The van der Waals surface area contributed by atoms with E-state index in [1.807, 2.05) is 0 Å². The highest BCUT2D eigenvalue weighted by Crippen LogP contribution is 2.54. The molecule has 1 heterocycles. The molecule has 268 valence electrons. The Kier molecular flexibility index (Phi) is 8.19. The molecule has 1 aliphatic carbocycles. The third-order valence-corrected chi connectivity index (χ3v) is 12.1. The minimum Gasteiger partial charge on any atom is -0.309 e. The molecule has 0 aliphatic heterocycles. The summed E-state index contributed by atoms with van der Waals surface area (Å²) < 4.78 is 2.47. The zero-order valence-corrected chi connectivity index (χ0v) is 32.1. The van der Waals surface area contributed by atoms with Crippen LogP contribution in [-0.4, -0.2) is 4.57 Å². The highest BCUT2D eigenvalue weighted by Gasteiger charge is 2.38. The Morgan fingerprint density at radius 3 is 1.39 bits per heavy atom. The van der Waals surface area contributed by atoms with Crippen LogP contribution in [-0.2, 0) is 5.41 Å². The van der Waals surface area contributed by atoms with Crippen LogP contribution in [0.3, 0.4) is 0 Å². The molecule has 0 fully saturated rings. The summed E-state index contributed by atoms with van der Waals surface area (Å²) in [4.78, 5) is 0. The first-order valence-electron chi connectivity index (χ1n) is 19.7. The molecule has 1 heteroatoms. The van der Waals surface area contributed by atoms with Crippen LogP contribution in [0.1, 0.15) is 60.1 Å². The fraction of sp³-hybridized carbons (Fsp3) is 0.0909. The smallest absolute Gasteiger partial charge is 0.0547 e. The lowest BCUT2D eigenvalue weighted by atomic mass is 9.78. The second-order valence-electron chi connectivity index (χ2n) is 15.7. The van der Waals surface area contributed by atoms with Gasteiger partial charge in [-0.1, -0.05) is 190 Å². The first-order valence-corrected chi connectivity index (χ1v) is 19.7. The van der Waals surface area contributed by atoms with Crippen LogP contribution in [0.15, 0.2) is 200 Å². The topological polar surface area (TPSA) is 4.93 Å². The summed E-state index contributed by atoms with van der Waals surface area (Å²) in [6, 6.07) is 73.5. The van der Waals surface area contributed by atoms with E-state index in [-0.39, 0.29) is 11.3 Å². The van der Waals surface area contributed by atoms with Crippen LogP contribution in [0, 0.1) is 0 Å². The van der Waals surface area contributed by atoms with Gasteiger partial charge in [-0.05, 0) is 98.0 Å². The van der Waals surface area contributed by atoms with Crippen LogP contribution in [0.2, 0.25) is 0 Å². The lowest BCUT2D eigenvalue weighted by Crippen LogP contribution is -2.16. The average molecular weight is 718 g/mol. The van der Waals surface area contributed by atoms with E-state index in [1.165, 1.54) is 94.3 Å². The molecule has 0 unspecified atom stereocenters. The Labute approximate surface area is 329 Å². The normalized spacial score (nSPS) is 13.5. The van der Waals surface area contributed by atoms with E-state index >= 15 is 0 Å². The average Bonchev–Trinajstić information content (AvgIpc) is 3.70. The maximum absolute atomic E-state index is 2.47. The summed E-state index contributed by atoms with van der Waals surface area (Å²) in [6.45, 7) is 7.10. The molecule has 0 saturated carbocycles. The summed E-state index contributed by atoms with van der Waals surface area (Å²) >= 11 is 0. The van der Waals surface area contributed by atoms with Gasteiger partial charge in [-0.2, -0.15) is 0 Å². The number of para-hydroxylation sites is 1. The SMILES string of the molecule is CC1=C(c2ccccc2)C(C)(C)c2ccc3c(c21)c1ccccc1n3-c1ccc(C(c2ccc(-c3ccccc3)cc2)c2ccc(-c3ccccc3)cc2)cc1. The molecule has 1 aliphatic rings. The maximum atomic E-state index is 2.47. The molecule has 0 amide bonds. The predicted octanol–water partition coefficient (Wildman–Crippen LogP) is 14.5. The minimum atomic E-state index is -0.104. The zero-order chi connectivity index (χ0) is 37.8. The van der Waals surface area contributed by atoms with Gasteiger partial charge in [0, 0.05) is 27.8 Å². The van der Waals surface area contributed by atoms with E-state index < -0.39 is 0 Å². The Morgan fingerprint density at radius 1 is 0.411 bits per heavy atom. The fourth-order valence-corrected chi connectivity index (χ4v) is 9.55. The number of nitrogens with zero attached hydrogens (tertiary/aromatic N) is 1. The van der Waals surface area contributed by atoms with Gasteiger partial charge in [0.1, 0.15) is 0 Å². The second-order valence-corrected chi connectivity index (χ2v) is 15.7. The van der Waals surface area contributed by atoms with Crippen LogP contribution < -0.4 is 0 Å². The van der Waals surface area contributed by atoms with Crippen molar-refractivity contribution < 1.29 is 0 Å². The Balaban J connectivity index is 1.09. The Bertz CT molecular complexity index is 2790. The van der Waals surface area contributed by atoms with Gasteiger partial charge in [0.2, 0.25) is 0 Å². The first kappa shape index (κ1) is 33.8. The number of aromatic nitrogens is 1. The van der Waals surface area contributed by atoms with Crippen molar-refractivity contribution >= 4 is 33.0 Å². The Hall–Kier alpha value is -6.70. The number of rotatable bonds is 7. The molecule has 56 heavy (non-hydrogen) atoms. The van der Waals surface area contributed by atoms with E-state index in [2.05, 4.69) is 226 Å². The molecule has 8 aromatic carbocycles. The van der Waals surface area contributed by atoms with E-state index in [9.17, 15) is 0 Å². The molecule has 1 aromatic heterocycles. The third kappa shape index (κ3) is 5.54. The van der Waals surface area contributed by atoms with Gasteiger partial charge in [-0.3, -0.25) is 0 Å². The van der Waals surface area contributed by atoms with Crippen molar-refractivity contribution in [2.45, 2.75) is 32.1 Å². The monoisotopic (exact) mass is 717 g/mol. The number of fused-ring (bicyclic) bond motifs is 5. The quantitative estimate of drug-likeness (QED) is 0.145. The van der Waals surface area contributed by atoms with Gasteiger partial charge in [-0.15, -0.1) is 0 Å². The summed E-state index contributed by atoms with van der Waals surface area (Å²) in [6.07, 6.45) is 0. The highest BCUT2D eigenvalue weighted by atomic mass is 15.0. The van der Waals surface area contributed by atoms with Gasteiger partial charge in [0.25, 0.3) is 0 Å². The number of hydrogen-bond donors (Lipinski definition) is 0. The van der Waals surface area contributed by atoms with Crippen LogP contribution in [0.4, 0.5) is 0 Å². The first-order chi connectivity index (χ1) is 27.5. The molecule has 10 rings (SSSR count). The van der Waals surface area contributed by atoms with Crippen molar-refractivity contribution in [3.05, 3.63) is 234 Å². The molecular weight excluding hydrogens is 675 g/mol. The minimum absolute atomic E-state index is 0.0755. The van der Waals surface area contributed by atoms with E-state index in [1.54, 1.807) is 0 Å². The van der Waals surface area contributed by atoms with Crippen LogP contribution in [0.5, 0.6) is 0 Å². The van der Waals surface area contributed by atoms with Crippen molar-refractivity contribution in [2.75, 3.05) is 0 Å². The fourth-order valence-electron chi connectivity index (χ4n) is 9.55. The predicted molar refractivity (Wildman–Crippen MR) is 237 cm³/mol. The largest absolute Gasteiger partial charge is 0.309 e. The lowest BCUT2D eigenvalue weighted by molar-refractivity contribution is 0.704. The molecule has 0 spiro atoms. The molecule has 0 bridgehead atoms. The summed E-state index contributed by atoms with van der Waals surface area (Å²) in [5, 5.41) is 2.64. The van der Waals surface area contributed by atoms with Gasteiger partial charge in [-0.25, -0.2) is 0 Å². The van der Waals surface area contributed by atoms with E-state index in [4.69, 9.17) is 0 Å². The zero-order valence-electron chi connectivity index (χ0n) is 32.1. The third-order valence-electron chi connectivity index (χ3n) is 12.1. The van der Waals surface area contributed by atoms with Gasteiger partial charge in [0.05, 0.1) is 11.0 Å². The Morgan fingerprint density at radius 2 is 0.857 bits per heavy atom. The van der Waals surface area contributed by atoms with E-state index in [0.29, 0.717) is 0 Å². The number of benzene rings is 8. The van der Waals surface area contributed by atoms with Crippen molar-refractivity contribution in [3.8, 4) is 27.9 Å². The van der Waals surface area contributed by atoms with Crippen molar-refractivity contribution in [2.24, 2.45) is 0 Å². The number of allylic oxidation sites excluding steroid dienone is 2. The van der Waals surface area contributed by atoms with Crippen LogP contribution in [0.25, 0.3) is 60.9 Å². The van der Waals surface area contributed by atoms with Gasteiger partial charge >= 0.3 is 0 Å². The molecule has 1 nitrogen and oxygen atoms in total. The van der Waals surface area contributed by atoms with Crippen molar-refractivity contribution in [1.29, 1.82) is 0 Å². The van der Waals surface area contributed by atoms with Gasteiger partial charge in [0.15, 0.2) is 0 Å². The van der Waals surface area contributed by atoms with Gasteiger partial charge < -0.3 is 4.57 Å². The van der Waals surface area contributed by atoms with Crippen molar-refractivity contribution in [1.82, 2.24) is 4.57 Å². The summed E-state index contributed by atoms with van der Waals surface area (Å²) in [7, 11) is 0. The summed E-state index contributed by atoms with van der Waals surface area (Å²) in [5.41, 5.74) is 19.1. The highest BCUT2D eigenvalue weighted by molar-refractivity contribution is 6.18. The lowest BCUT2D eigenvalue weighted by Gasteiger charge is -2.25. The van der Waals surface area contributed by atoms with Crippen molar-refractivity contribution in [3.63, 3.8) is 0 Å². The molecule has 0 N–H and O–H groups in total. The molecule has 9 aromatic rings. The molecular formula is C55H43N. The number of hydrogen-bond acceptors (Lipinski definition) is 0. The summed E-state index contributed by atoms with van der Waals surface area (Å²) in [5.74, 6) is 0.0755. The molecule has 0 saturated heterocycles. The standard InChI is InChI=1S/C55H43N/c1-37-51-48(55(2,3)54(37)45-19-11-6-12-20-45)35-36-50-53(51)47-21-13-14-22-49(47)56(50)46-33-31-44(32-34-46)52(42-27-23-40(24-28-42)38-15-7-4-8-16-38)43-29-25-41(26-30-43)39-17-9-5-10-18-39/h4-36,52H,1-3H3. The van der Waals surface area contributed by atoms with E-state index in [0.717, 1.165) is 0 Å². The molecule has 0 radical (unpaired) electrons. The second kappa shape index (κ2) is 13.6. The maximum Gasteiger partial charge on any atom is 0.0547 e. The molecule has 0 atom stereocenters.